The molecular formula is C25H23N5O. The third-order valence-corrected chi connectivity index (χ3v) is 5.78. The highest BCUT2D eigenvalue weighted by Gasteiger charge is 2.30. The van der Waals surface area contributed by atoms with E-state index in [-0.39, 0.29) is 11.9 Å². The van der Waals surface area contributed by atoms with E-state index in [9.17, 15) is 4.79 Å². The molecule has 3 heterocycles. The predicted octanol–water partition coefficient (Wildman–Crippen LogP) is 4.04. The van der Waals surface area contributed by atoms with E-state index in [1.165, 1.54) is 0 Å². The van der Waals surface area contributed by atoms with E-state index >= 15 is 0 Å². The molecule has 1 saturated heterocycles. The lowest BCUT2D eigenvalue weighted by Crippen LogP contribution is -2.54. The van der Waals surface area contributed by atoms with E-state index in [0.717, 1.165) is 33.5 Å². The number of anilines is 1. The van der Waals surface area contributed by atoms with E-state index < -0.39 is 0 Å². The Labute approximate surface area is 181 Å². The van der Waals surface area contributed by atoms with Gasteiger partial charge in [-0.1, -0.05) is 48.5 Å². The SMILES string of the molecule is CC1CN(c2nnc(-c3ccccc3)c3cccnc23)CCN1C(=O)c1ccccc1. The third kappa shape index (κ3) is 3.61. The fraction of sp³-hybridized carbons (Fsp3) is 0.200. The summed E-state index contributed by atoms with van der Waals surface area (Å²) in [5.74, 6) is 0.843. The number of nitrogens with zero attached hydrogens (tertiary/aromatic N) is 5. The average Bonchev–Trinajstić information content (AvgIpc) is 2.84. The molecule has 2 aromatic heterocycles. The van der Waals surface area contributed by atoms with Crippen molar-refractivity contribution in [1.82, 2.24) is 20.1 Å². The quantitative estimate of drug-likeness (QED) is 0.511. The van der Waals surface area contributed by atoms with E-state index in [1.54, 1.807) is 6.20 Å². The fourth-order valence-corrected chi connectivity index (χ4v) is 4.19. The predicted molar refractivity (Wildman–Crippen MR) is 122 cm³/mol. The minimum absolute atomic E-state index is 0.0517. The summed E-state index contributed by atoms with van der Waals surface area (Å²) in [6, 6.07) is 23.5. The second-order valence-corrected chi connectivity index (χ2v) is 7.80. The lowest BCUT2D eigenvalue weighted by atomic mass is 10.1. The number of rotatable bonds is 3. The number of hydrogen-bond acceptors (Lipinski definition) is 5. The van der Waals surface area contributed by atoms with Crippen molar-refractivity contribution < 1.29 is 4.79 Å². The van der Waals surface area contributed by atoms with Gasteiger partial charge in [0.25, 0.3) is 5.91 Å². The number of carbonyl (C=O) groups excluding carboxylic acids is 1. The molecule has 1 amide bonds. The standard InChI is InChI=1S/C25H23N5O/c1-18-17-29(15-16-30(18)25(31)20-11-6-3-7-12-20)24-23-21(13-8-14-26-23)22(27-28-24)19-9-4-2-5-10-19/h2-14,18H,15-17H2,1H3. The summed E-state index contributed by atoms with van der Waals surface area (Å²) < 4.78 is 0. The van der Waals surface area contributed by atoms with Gasteiger partial charge in [-0.25, -0.2) is 0 Å². The van der Waals surface area contributed by atoms with Crippen LogP contribution >= 0.6 is 0 Å². The zero-order chi connectivity index (χ0) is 21.2. The Kier molecular flexibility index (Phi) is 5.04. The maximum absolute atomic E-state index is 12.9. The molecule has 1 unspecified atom stereocenters. The molecule has 4 aromatic rings. The van der Waals surface area contributed by atoms with Gasteiger partial charge in [0, 0.05) is 48.4 Å². The van der Waals surface area contributed by atoms with Crippen molar-refractivity contribution in [2.45, 2.75) is 13.0 Å². The van der Waals surface area contributed by atoms with Crippen molar-refractivity contribution in [2.75, 3.05) is 24.5 Å². The number of fused-ring (bicyclic) bond motifs is 1. The Morgan fingerprint density at radius 3 is 2.39 bits per heavy atom. The van der Waals surface area contributed by atoms with Crippen molar-refractivity contribution in [3.05, 3.63) is 84.6 Å². The molecule has 6 heteroatoms. The number of piperazine rings is 1. The van der Waals surface area contributed by atoms with Crippen LogP contribution in [0.5, 0.6) is 0 Å². The smallest absolute Gasteiger partial charge is 0.254 e. The molecule has 1 fully saturated rings. The highest BCUT2D eigenvalue weighted by Crippen LogP contribution is 2.31. The van der Waals surface area contributed by atoms with E-state index in [4.69, 9.17) is 0 Å². The Balaban J connectivity index is 1.44. The summed E-state index contributed by atoms with van der Waals surface area (Å²) in [6.07, 6.45) is 1.79. The van der Waals surface area contributed by atoms with Crippen LogP contribution in [0.2, 0.25) is 0 Å². The van der Waals surface area contributed by atoms with Gasteiger partial charge < -0.3 is 9.80 Å². The van der Waals surface area contributed by atoms with Crippen molar-refractivity contribution in [3.63, 3.8) is 0 Å². The molecule has 154 valence electrons. The first-order valence-corrected chi connectivity index (χ1v) is 10.5. The van der Waals surface area contributed by atoms with E-state index in [2.05, 4.69) is 27.0 Å². The van der Waals surface area contributed by atoms with Crippen LogP contribution in [0.15, 0.2) is 79.0 Å². The van der Waals surface area contributed by atoms with Gasteiger partial charge in [0.2, 0.25) is 0 Å². The molecular weight excluding hydrogens is 386 g/mol. The third-order valence-electron chi connectivity index (χ3n) is 5.78. The number of benzene rings is 2. The molecule has 1 aliphatic heterocycles. The number of carbonyl (C=O) groups is 1. The van der Waals surface area contributed by atoms with Crippen LogP contribution in [-0.2, 0) is 0 Å². The maximum Gasteiger partial charge on any atom is 0.254 e. The zero-order valence-electron chi connectivity index (χ0n) is 17.3. The molecule has 0 aliphatic carbocycles. The van der Waals surface area contributed by atoms with Gasteiger partial charge in [-0.3, -0.25) is 9.78 Å². The number of amides is 1. The first-order chi connectivity index (χ1) is 15.2. The largest absolute Gasteiger partial charge is 0.349 e. The molecule has 1 atom stereocenters. The Morgan fingerprint density at radius 2 is 1.65 bits per heavy atom. The monoisotopic (exact) mass is 409 g/mol. The summed E-state index contributed by atoms with van der Waals surface area (Å²) >= 11 is 0. The highest BCUT2D eigenvalue weighted by atomic mass is 16.2. The summed E-state index contributed by atoms with van der Waals surface area (Å²) in [4.78, 5) is 21.7. The van der Waals surface area contributed by atoms with Crippen LogP contribution in [0.25, 0.3) is 22.2 Å². The molecule has 0 spiro atoms. The van der Waals surface area contributed by atoms with Gasteiger partial charge in [0.15, 0.2) is 5.82 Å². The summed E-state index contributed by atoms with van der Waals surface area (Å²) in [6.45, 7) is 4.08. The molecule has 0 N–H and O–H groups in total. The van der Waals surface area contributed by atoms with Crippen LogP contribution in [0.1, 0.15) is 17.3 Å². The molecule has 0 bridgehead atoms. The van der Waals surface area contributed by atoms with E-state index in [1.807, 2.05) is 77.7 Å². The lowest BCUT2D eigenvalue weighted by molar-refractivity contribution is 0.0674. The first kappa shape index (κ1) is 19.2. The number of pyridine rings is 1. The van der Waals surface area contributed by atoms with Gasteiger partial charge in [0.1, 0.15) is 11.2 Å². The van der Waals surface area contributed by atoms with Crippen molar-refractivity contribution in [2.24, 2.45) is 0 Å². The van der Waals surface area contributed by atoms with Gasteiger partial charge in [-0.2, -0.15) is 0 Å². The second-order valence-electron chi connectivity index (χ2n) is 7.80. The van der Waals surface area contributed by atoms with Crippen LogP contribution in [0.4, 0.5) is 5.82 Å². The van der Waals surface area contributed by atoms with Gasteiger partial charge in [0.05, 0.1) is 0 Å². The molecule has 1 aliphatic rings. The lowest BCUT2D eigenvalue weighted by Gasteiger charge is -2.40. The highest BCUT2D eigenvalue weighted by molar-refractivity contribution is 5.98. The maximum atomic E-state index is 12.9. The van der Waals surface area contributed by atoms with Gasteiger partial charge in [-0.15, -0.1) is 10.2 Å². The van der Waals surface area contributed by atoms with Crippen molar-refractivity contribution in [3.8, 4) is 11.3 Å². The molecule has 0 saturated carbocycles. The first-order valence-electron chi connectivity index (χ1n) is 10.5. The Bertz CT molecular complexity index is 1210. The number of hydrogen-bond donors (Lipinski definition) is 0. The van der Waals surface area contributed by atoms with Crippen LogP contribution in [0.3, 0.4) is 0 Å². The van der Waals surface area contributed by atoms with Gasteiger partial charge in [-0.05, 0) is 31.2 Å². The molecule has 5 rings (SSSR count). The Hall–Kier alpha value is -3.80. The normalized spacial score (nSPS) is 16.5. The summed E-state index contributed by atoms with van der Waals surface area (Å²) in [5.41, 5.74) is 3.41. The summed E-state index contributed by atoms with van der Waals surface area (Å²) in [5, 5.41) is 10.1. The minimum atomic E-state index is 0.0517. The molecule has 0 radical (unpaired) electrons. The molecule has 2 aromatic carbocycles. The van der Waals surface area contributed by atoms with Crippen LogP contribution < -0.4 is 4.90 Å². The second kappa shape index (κ2) is 8.14. The average molecular weight is 409 g/mol. The molecule has 31 heavy (non-hydrogen) atoms. The molecule has 6 nitrogen and oxygen atoms in total. The van der Waals surface area contributed by atoms with E-state index in [0.29, 0.717) is 19.6 Å². The fourth-order valence-electron chi connectivity index (χ4n) is 4.19. The topological polar surface area (TPSA) is 62.2 Å². The number of aromatic nitrogens is 3. The van der Waals surface area contributed by atoms with Crippen molar-refractivity contribution >= 4 is 22.6 Å². The van der Waals surface area contributed by atoms with Gasteiger partial charge >= 0.3 is 0 Å². The zero-order valence-corrected chi connectivity index (χ0v) is 17.3. The minimum Gasteiger partial charge on any atom is -0.349 e. The van der Waals surface area contributed by atoms with Crippen LogP contribution in [0, 0.1) is 0 Å². The summed E-state index contributed by atoms with van der Waals surface area (Å²) in [7, 11) is 0. The van der Waals surface area contributed by atoms with Crippen molar-refractivity contribution in [1.29, 1.82) is 0 Å². The Morgan fingerprint density at radius 1 is 0.903 bits per heavy atom. The van der Waals surface area contributed by atoms with Crippen LogP contribution in [-0.4, -0.2) is 51.7 Å².